The molecule has 1 aromatic heterocycles. The van der Waals surface area contributed by atoms with Crippen LogP contribution in [0.25, 0.3) is 0 Å². The molecule has 0 aliphatic carbocycles. The van der Waals surface area contributed by atoms with Crippen LogP contribution in [0.3, 0.4) is 0 Å². The Balaban J connectivity index is 1.57. The molecule has 9 nitrogen and oxygen atoms in total. The van der Waals surface area contributed by atoms with Crippen LogP contribution in [0.1, 0.15) is 52.3 Å². The fourth-order valence-corrected chi connectivity index (χ4v) is 5.47. The van der Waals surface area contributed by atoms with Crippen LogP contribution in [0.2, 0.25) is 0 Å². The number of hydrogen-bond donors (Lipinski definition) is 2. The molecule has 1 fully saturated rings. The fraction of sp³-hybridized carbons (Fsp3) is 0.400. The molecule has 0 spiro atoms. The Morgan fingerprint density at radius 2 is 1.61 bits per heavy atom. The molecule has 1 aliphatic rings. The number of aromatic amines is 1. The molecule has 0 unspecified atom stereocenters. The largest absolute Gasteiger partial charge is 0.416 e. The number of alkyl halides is 6. The topological polar surface area (TPSA) is 108 Å². The van der Waals surface area contributed by atoms with Crippen molar-refractivity contribution in [1.82, 2.24) is 24.7 Å². The summed E-state index contributed by atoms with van der Waals surface area (Å²) < 4.78 is 95.3. The second-order valence-electron chi connectivity index (χ2n) is 11.3. The van der Waals surface area contributed by atoms with E-state index in [2.05, 4.69) is 10.3 Å². The molecule has 2 heterocycles. The molecule has 0 bridgehead atoms. The molecule has 3 amide bonds. The fourth-order valence-electron chi connectivity index (χ4n) is 5.47. The third-order valence-corrected chi connectivity index (χ3v) is 7.70. The van der Waals surface area contributed by atoms with Gasteiger partial charge in [0.05, 0.1) is 17.2 Å². The first-order chi connectivity index (χ1) is 21.3. The molecule has 1 saturated heterocycles. The monoisotopic (exact) mass is 657 g/mol. The number of aromatic nitrogens is 2. The van der Waals surface area contributed by atoms with Crippen LogP contribution >= 0.6 is 0 Å². The number of nitrogens with zero attached hydrogens (tertiary/aromatic N) is 3. The Morgan fingerprint density at radius 3 is 2.20 bits per heavy atom. The van der Waals surface area contributed by atoms with Gasteiger partial charge in [0.25, 0.3) is 5.56 Å². The van der Waals surface area contributed by atoms with Crippen molar-refractivity contribution < 1.29 is 40.3 Å². The molecule has 1 aliphatic heterocycles. The molecule has 0 saturated carbocycles. The van der Waals surface area contributed by atoms with Crippen molar-refractivity contribution in [3.8, 4) is 0 Å². The number of benzene rings is 2. The Kier molecular flexibility index (Phi) is 9.68. The molecule has 3 aromatic rings. The number of rotatable bonds is 6. The van der Waals surface area contributed by atoms with E-state index in [1.807, 2.05) is 0 Å². The lowest BCUT2D eigenvalue weighted by Crippen LogP contribution is -2.51. The summed E-state index contributed by atoms with van der Waals surface area (Å²) in [6, 6.07) is 3.00. The predicted octanol–water partition coefficient (Wildman–Crippen LogP) is 4.90. The number of H-pyrrole nitrogens is 1. The normalized spacial score (nSPS) is 17.1. The number of urea groups is 1. The molecule has 2 atom stereocenters. The number of likely N-dealkylation sites (tertiary alicyclic amines) is 1. The molecular weight excluding hydrogens is 627 g/mol. The van der Waals surface area contributed by atoms with Crippen LogP contribution in [0.4, 0.5) is 35.5 Å². The molecule has 248 valence electrons. The molecule has 16 heteroatoms. The van der Waals surface area contributed by atoms with Crippen LogP contribution in [0.15, 0.2) is 52.2 Å². The van der Waals surface area contributed by atoms with E-state index in [1.165, 1.54) is 43.3 Å². The highest BCUT2D eigenvalue weighted by atomic mass is 19.4. The van der Waals surface area contributed by atoms with Crippen molar-refractivity contribution in [2.45, 2.75) is 64.2 Å². The number of aryl methyl sites for hydroxylation is 2. The maximum absolute atomic E-state index is 14.0. The van der Waals surface area contributed by atoms with Crippen molar-refractivity contribution >= 4 is 11.9 Å². The minimum atomic E-state index is -5.06. The van der Waals surface area contributed by atoms with Crippen molar-refractivity contribution in [2.24, 2.45) is 0 Å². The van der Waals surface area contributed by atoms with Crippen molar-refractivity contribution in [1.29, 1.82) is 0 Å². The molecule has 4 rings (SSSR count). The molecular formula is C30H30F7N5O4. The van der Waals surface area contributed by atoms with Crippen LogP contribution in [0.5, 0.6) is 0 Å². The van der Waals surface area contributed by atoms with Gasteiger partial charge in [0, 0.05) is 37.9 Å². The molecule has 0 radical (unpaired) electrons. The summed E-state index contributed by atoms with van der Waals surface area (Å²) in [6.07, 6.45) is -8.53. The summed E-state index contributed by atoms with van der Waals surface area (Å²) >= 11 is 0. The number of amides is 3. The lowest BCUT2D eigenvalue weighted by molar-refractivity contribution is -0.143. The second kappa shape index (κ2) is 13.0. The number of carbonyl (C=O) groups excluding carboxylic acids is 2. The first-order valence-electron chi connectivity index (χ1n) is 14.0. The summed E-state index contributed by atoms with van der Waals surface area (Å²) in [5, 5.41) is 2.80. The molecule has 2 N–H and O–H groups in total. The Morgan fingerprint density at radius 1 is 0.978 bits per heavy atom. The summed E-state index contributed by atoms with van der Waals surface area (Å²) in [5.41, 5.74) is -3.56. The Hall–Kier alpha value is -4.63. The van der Waals surface area contributed by atoms with Gasteiger partial charge in [0.2, 0.25) is 5.91 Å². The highest BCUT2D eigenvalue weighted by Gasteiger charge is 2.38. The van der Waals surface area contributed by atoms with E-state index < -0.39 is 77.7 Å². The number of piperidine rings is 1. The minimum absolute atomic E-state index is 0.00635. The predicted molar refractivity (Wildman–Crippen MR) is 151 cm³/mol. The van der Waals surface area contributed by atoms with Gasteiger partial charge in [-0.1, -0.05) is 6.07 Å². The number of halogens is 7. The number of hydrogen-bond acceptors (Lipinski definition) is 4. The van der Waals surface area contributed by atoms with E-state index in [9.17, 15) is 49.9 Å². The zero-order valence-corrected chi connectivity index (χ0v) is 24.9. The zero-order chi connectivity index (χ0) is 34.1. The first kappa shape index (κ1) is 34.2. The van der Waals surface area contributed by atoms with Crippen molar-refractivity contribution in [3.63, 3.8) is 0 Å². The smallest absolute Gasteiger partial charge is 0.352 e. The van der Waals surface area contributed by atoms with Crippen LogP contribution in [-0.2, 0) is 30.2 Å². The van der Waals surface area contributed by atoms with Gasteiger partial charge in [-0.05, 0) is 73.7 Å². The van der Waals surface area contributed by atoms with Crippen molar-refractivity contribution in [2.75, 3.05) is 13.6 Å². The van der Waals surface area contributed by atoms with Gasteiger partial charge < -0.3 is 15.1 Å². The summed E-state index contributed by atoms with van der Waals surface area (Å²) in [7, 11) is 1.24. The molecule has 46 heavy (non-hydrogen) atoms. The summed E-state index contributed by atoms with van der Waals surface area (Å²) in [5.74, 6) is -1.10. The Bertz CT molecular complexity index is 1720. The highest BCUT2D eigenvalue weighted by Crippen LogP contribution is 2.37. The third-order valence-electron chi connectivity index (χ3n) is 7.70. The van der Waals surface area contributed by atoms with E-state index in [0.29, 0.717) is 23.3 Å². The van der Waals surface area contributed by atoms with Crippen LogP contribution in [0, 0.1) is 19.7 Å². The maximum Gasteiger partial charge on any atom is 0.416 e. The highest BCUT2D eigenvalue weighted by molar-refractivity contribution is 5.77. The minimum Gasteiger partial charge on any atom is -0.352 e. The van der Waals surface area contributed by atoms with Gasteiger partial charge in [0.1, 0.15) is 12.4 Å². The number of carbonyl (C=O) groups is 2. The van der Waals surface area contributed by atoms with Crippen LogP contribution < -0.4 is 16.6 Å². The van der Waals surface area contributed by atoms with Crippen LogP contribution in [-0.4, -0.2) is 50.9 Å². The van der Waals surface area contributed by atoms with Gasteiger partial charge in [-0.2, -0.15) is 26.3 Å². The summed E-state index contributed by atoms with van der Waals surface area (Å²) in [4.78, 5) is 54.7. The lowest BCUT2D eigenvalue weighted by Gasteiger charge is -2.42. The van der Waals surface area contributed by atoms with Crippen molar-refractivity contribution in [3.05, 3.63) is 103 Å². The molecule has 2 aromatic carbocycles. The zero-order valence-electron chi connectivity index (χ0n) is 24.9. The average molecular weight is 658 g/mol. The van der Waals surface area contributed by atoms with E-state index in [-0.39, 0.29) is 36.6 Å². The van der Waals surface area contributed by atoms with Gasteiger partial charge in [-0.3, -0.25) is 19.1 Å². The van der Waals surface area contributed by atoms with Gasteiger partial charge in [0.15, 0.2) is 0 Å². The average Bonchev–Trinajstić information content (AvgIpc) is 2.94. The van der Waals surface area contributed by atoms with E-state index >= 15 is 0 Å². The third kappa shape index (κ3) is 7.95. The van der Waals surface area contributed by atoms with E-state index in [1.54, 1.807) is 6.92 Å². The Labute approximate surface area is 257 Å². The lowest BCUT2D eigenvalue weighted by atomic mass is 9.89. The van der Waals surface area contributed by atoms with Gasteiger partial charge in [-0.15, -0.1) is 0 Å². The van der Waals surface area contributed by atoms with Gasteiger partial charge >= 0.3 is 24.1 Å². The van der Waals surface area contributed by atoms with E-state index in [0.717, 1.165) is 9.47 Å². The standard InChI is InChI=1S/C30H30F7N5O4/c1-16-8-21(31)4-5-23(16)24-12-22(38-25(43)15-41-13-17(2)26(44)39-27(41)45)6-7-42(24)28(46)40(3)14-18-9-19(29(32,33)34)11-20(10-18)30(35,36)37/h4-5,8-11,13,22,24H,6-7,12,14-15H2,1-3H3,(H,38,43)(H,39,44,45)/t22-,24-/m1/s1. The maximum atomic E-state index is 14.0. The first-order valence-corrected chi connectivity index (χ1v) is 14.0. The summed E-state index contributed by atoms with van der Waals surface area (Å²) in [6.45, 7) is 2.11. The van der Waals surface area contributed by atoms with Gasteiger partial charge in [-0.25, -0.2) is 14.0 Å². The second-order valence-corrected chi connectivity index (χ2v) is 11.3. The quantitative estimate of drug-likeness (QED) is 0.368. The SMILES string of the molecule is Cc1cc(F)ccc1[C@H]1C[C@H](NC(=O)Cn2cc(C)c(=O)[nH]c2=O)CCN1C(=O)N(C)Cc1cc(C(F)(F)F)cc(C(F)(F)F)c1. The van der Waals surface area contributed by atoms with E-state index in [4.69, 9.17) is 0 Å². The number of nitrogens with one attached hydrogen (secondary N) is 2.